The van der Waals surface area contributed by atoms with E-state index in [2.05, 4.69) is 12.2 Å². The summed E-state index contributed by atoms with van der Waals surface area (Å²) in [6.45, 7) is 2.71. The molecule has 1 saturated heterocycles. The second kappa shape index (κ2) is 8.27. The van der Waals surface area contributed by atoms with Crippen LogP contribution in [0.4, 0.5) is 0 Å². The maximum Gasteiger partial charge on any atom is 0.293 e. The molecule has 1 aliphatic heterocycles. The van der Waals surface area contributed by atoms with E-state index in [1.807, 2.05) is 0 Å². The van der Waals surface area contributed by atoms with E-state index < -0.39 is 17.7 Å². The molecule has 6 heteroatoms. The van der Waals surface area contributed by atoms with Gasteiger partial charge in [0.1, 0.15) is 11.5 Å². The average molecular weight is 386 g/mol. The number of benzene rings is 2. The summed E-state index contributed by atoms with van der Waals surface area (Å²) in [4.78, 5) is 24.3. The number of unbranched alkanes of at least 4 members (excludes halogenated alkanes) is 1. The van der Waals surface area contributed by atoms with Crippen LogP contribution in [0.15, 0.2) is 54.1 Å². The molecule has 0 unspecified atom stereocenters. The number of halogens is 1. The lowest BCUT2D eigenvalue weighted by atomic mass is 9.96. The molecule has 3 rings (SSSR count). The summed E-state index contributed by atoms with van der Waals surface area (Å²) in [5.41, 5.74) is 1.14. The van der Waals surface area contributed by atoms with E-state index in [-0.39, 0.29) is 11.3 Å². The molecule has 2 N–H and O–H groups in total. The van der Waals surface area contributed by atoms with Crippen LogP contribution in [0.2, 0.25) is 5.02 Å². The summed E-state index contributed by atoms with van der Waals surface area (Å²) in [7, 11) is 0. The number of amides is 1. The van der Waals surface area contributed by atoms with Crippen molar-refractivity contribution in [2.75, 3.05) is 6.61 Å². The first-order valence-corrected chi connectivity index (χ1v) is 9.16. The molecule has 1 aliphatic rings. The molecular weight excluding hydrogens is 366 g/mol. The molecule has 0 radical (unpaired) electrons. The Morgan fingerprint density at radius 3 is 2.41 bits per heavy atom. The van der Waals surface area contributed by atoms with Gasteiger partial charge in [0.2, 0.25) is 0 Å². The number of hydrogen-bond acceptors (Lipinski definition) is 4. The van der Waals surface area contributed by atoms with Crippen molar-refractivity contribution < 1.29 is 19.4 Å². The molecule has 0 spiro atoms. The Morgan fingerprint density at radius 1 is 1.11 bits per heavy atom. The number of ketones is 1. The van der Waals surface area contributed by atoms with Crippen molar-refractivity contribution in [2.24, 2.45) is 0 Å². The third-order valence-corrected chi connectivity index (χ3v) is 4.62. The van der Waals surface area contributed by atoms with E-state index >= 15 is 0 Å². The first kappa shape index (κ1) is 19.0. The number of aliphatic hydroxyl groups is 1. The molecule has 1 amide bonds. The Morgan fingerprint density at radius 2 is 1.78 bits per heavy atom. The van der Waals surface area contributed by atoms with Crippen LogP contribution in [-0.2, 0) is 9.59 Å². The molecule has 140 valence electrons. The fourth-order valence-corrected chi connectivity index (χ4v) is 3.00. The fourth-order valence-electron chi connectivity index (χ4n) is 2.87. The molecule has 1 atom stereocenters. The van der Waals surface area contributed by atoms with Crippen molar-refractivity contribution in [3.8, 4) is 5.75 Å². The first-order chi connectivity index (χ1) is 13.0. The van der Waals surface area contributed by atoms with Crippen LogP contribution in [0.3, 0.4) is 0 Å². The van der Waals surface area contributed by atoms with Gasteiger partial charge in [0, 0.05) is 10.6 Å². The van der Waals surface area contributed by atoms with Crippen molar-refractivity contribution >= 4 is 29.1 Å². The molecule has 2 aromatic carbocycles. The predicted octanol–water partition coefficient (Wildman–Crippen LogP) is 4.23. The van der Waals surface area contributed by atoms with Gasteiger partial charge in [0.05, 0.1) is 18.2 Å². The van der Waals surface area contributed by atoms with Crippen molar-refractivity contribution in [3.63, 3.8) is 0 Å². The van der Waals surface area contributed by atoms with Crippen LogP contribution in [0.1, 0.15) is 36.9 Å². The van der Waals surface area contributed by atoms with Gasteiger partial charge in [-0.2, -0.15) is 0 Å². The number of aliphatic hydroxyl groups excluding tert-OH is 1. The molecule has 5 nitrogen and oxygen atoms in total. The number of ether oxygens (including phenoxy) is 1. The first-order valence-electron chi connectivity index (χ1n) is 8.78. The van der Waals surface area contributed by atoms with Crippen LogP contribution < -0.4 is 10.1 Å². The SMILES string of the molecule is CCCCOc1ccc(C(O)=C2C(=O)C(=O)N[C@@H]2c2ccc(Cl)cc2)cc1. The van der Waals surface area contributed by atoms with Gasteiger partial charge in [-0.05, 0) is 48.4 Å². The van der Waals surface area contributed by atoms with Crippen LogP contribution >= 0.6 is 11.6 Å². The monoisotopic (exact) mass is 385 g/mol. The fraction of sp³-hybridized carbons (Fsp3) is 0.238. The maximum absolute atomic E-state index is 12.3. The molecule has 0 saturated carbocycles. The highest BCUT2D eigenvalue weighted by molar-refractivity contribution is 6.46. The largest absolute Gasteiger partial charge is 0.507 e. The van der Waals surface area contributed by atoms with Crippen LogP contribution in [0.25, 0.3) is 5.76 Å². The lowest BCUT2D eigenvalue weighted by Crippen LogP contribution is -2.21. The smallest absolute Gasteiger partial charge is 0.293 e. The molecule has 2 aromatic rings. The number of carbonyl (C=O) groups is 2. The van der Waals surface area contributed by atoms with Crippen LogP contribution in [-0.4, -0.2) is 23.4 Å². The normalized spacial score (nSPS) is 18.4. The van der Waals surface area contributed by atoms with Gasteiger partial charge in [-0.3, -0.25) is 9.59 Å². The van der Waals surface area contributed by atoms with Crippen molar-refractivity contribution in [2.45, 2.75) is 25.8 Å². The molecule has 0 aromatic heterocycles. The van der Waals surface area contributed by atoms with Crippen LogP contribution in [0, 0.1) is 0 Å². The summed E-state index contributed by atoms with van der Waals surface area (Å²) in [6.07, 6.45) is 2.00. The lowest BCUT2D eigenvalue weighted by molar-refractivity contribution is -0.133. The Kier molecular flexibility index (Phi) is 5.81. The van der Waals surface area contributed by atoms with E-state index in [9.17, 15) is 14.7 Å². The van der Waals surface area contributed by atoms with Gasteiger partial charge in [0.15, 0.2) is 0 Å². The highest BCUT2D eigenvalue weighted by Gasteiger charge is 2.39. The highest BCUT2D eigenvalue weighted by Crippen LogP contribution is 2.33. The van der Waals surface area contributed by atoms with E-state index in [4.69, 9.17) is 16.3 Å². The van der Waals surface area contributed by atoms with Gasteiger partial charge < -0.3 is 15.2 Å². The van der Waals surface area contributed by atoms with Crippen molar-refractivity contribution in [1.29, 1.82) is 0 Å². The molecule has 0 bridgehead atoms. The van der Waals surface area contributed by atoms with Crippen molar-refractivity contribution in [3.05, 3.63) is 70.3 Å². The van der Waals surface area contributed by atoms with E-state index in [0.717, 1.165) is 12.8 Å². The number of hydrogen-bond donors (Lipinski definition) is 2. The molecule has 0 aliphatic carbocycles. The van der Waals surface area contributed by atoms with Crippen LogP contribution in [0.5, 0.6) is 5.75 Å². The average Bonchev–Trinajstić information content (AvgIpc) is 2.97. The third kappa shape index (κ3) is 4.14. The minimum absolute atomic E-state index is 0.0296. The van der Waals surface area contributed by atoms with E-state index in [0.29, 0.717) is 28.5 Å². The molecular formula is C21H20ClNO4. The second-order valence-corrected chi connectivity index (χ2v) is 6.71. The molecule has 27 heavy (non-hydrogen) atoms. The highest BCUT2D eigenvalue weighted by atomic mass is 35.5. The number of carbonyl (C=O) groups excluding carboxylic acids is 2. The Bertz CT molecular complexity index is 872. The number of nitrogens with one attached hydrogen (secondary N) is 1. The zero-order valence-electron chi connectivity index (χ0n) is 14.9. The summed E-state index contributed by atoms with van der Waals surface area (Å²) in [6, 6.07) is 12.8. The Balaban J connectivity index is 1.91. The van der Waals surface area contributed by atoms with Gasteiger partial charge in [-0.15, -0.1) is 0 Å². The standard InChI is InChI=1S/C21H20ClNO4/c1-2-3-12-27-16-10-6-14(7-11-16)19(24)17-18(23-21(26)20(17)25)13-4-8-15(22)9-5-13/h4-11,18,24H,2-3,12H2,1H3,(H,23,26)/t18-/m1/s1. The minimum Gasteiger partial charge on any atom is -0.507 e. The Hall–Kier alpha value is -2.79. The summed E-state index contributed by atoms with van der Waals surface area (Å²) < 4.78 is 5.60. The molecule has 1 heterocycles. The third-order valence-electron chi connectivity index (χ3n) is 4.37. The summed E-state index contributed by atoms with van der Waals surface area (Å²) in [5, 5.41) is 13.9. The maximum atomic E-state index is 12.3. The number of Topliss-reactive ketones (excluding diaryl/α,β-unsaturated/α-hetero) is 1. The Labute approximate surface area is 162 Å². The van der Waals surface area contributed by atoms with Gasteiger partial charge in [-0.25, -0.2) is 0 Å². The van der Waals surface area contributed by atoms with Crippen molar-refractivity contribution in [1.82, 2.24) is 5.32 Å². The lowest BCUT2D eigenvalue weighted by Gasteiger charge is -2.14. The zero-order chi connectivity index (χ0) is 19.4. The van der Waals surface area contributed by atoms with Gasteiger partial charge >= 0.3 is 0 Å². The number of rotatable bonds is 6. The van der Waals surface area contributed by atoms with E-state index in [1.54, 1.807) is 48.5 Å². The zero-order valence-corrected chi connectivity index (χ0v) is 15.6. The molecule has 1 fully saturated rings. The topological polar surface area (TPSA) is 75.6 Å². The van der Waals surface area contributed by atoms with Gasteiger partial charge in [0.25, 0.3) is 11.7 Å². The minimum atomic E-state index is -0.740. The summed E-state index contributed by atoms with van der Waals surface area (Å²) >= 11 is 5.90. The van der Waals surface area contributed by atoms with Gasteiger partial charge in [-0.1, -0.05) is 37.1 Å². The predicted molar refractivity (Wildman–Crippen MR) is 104 cm³/mol. The quantitative estimate of drug-likeness (QED) is 0.338. The van der Waals surface area contributed by atoms with E-state index in [1.165, 1.54) is 0 Å². The second-order valence-electron chi connectivity index (χ2n) is 6.28. The summed E-state index contributed by atoms with van der Waals surface area (Å²) in [5.74, 6) is -1.02.